The molecule has 2 aromatic carbocycles. The molecule has 0 radical (unpaired) electrons. The zero-order chi connectivity index (χ0) is 15.4. The van der Waals surface area contributed by atoms with E-state index in [1.807, 2.05) is 36.4 Å². The summed E-state index contributed by atoms with van der Waals surface area (Å²) in [5.74, 6) is -0.688. The van der Waals surface area contributed by atoms with E-state index < -0.39 is 5.92 Å². The highest BCUT2D eigenvalue weighted by atomic mass is 16.1. The Bertz CT molecular complexity index is 703. The van der Waals surface area contributed by atoms with Gasteiger partial charge in [-0.15, -0.1) is 0 Å². The first-order valence-electron chi connectivity index (χ1n) is 7.54. The van der Waals surface area contributed by atoms with Crippen LogP contribution in [-0.2, 0) is 17.8 Å². The van der Waals surface area contributed by atoms with Gasteiger partial charge in [-0.2, -0.15) is 5.26 Å². The number of Topliss-reactive ketones (excluding diaryl/α,β-unsaturated/α-hetero) is 1. The maximum absolute atomic E-state index is 12.5. The van der Waals surface area contributed by atoms with E-state index in [2.05, 4.69) is 29.2 Å². The molecule has 3 heteroatoms. The minimum Gasteiger partial charge on any atom is -0.296 e. The van der Waals surface area contributed by atoms with E-state index in [1.165, 1.54) is 11.1 Å². The number of nitrogens with zero attached hydrogens (tertiary/aromatic N) is 2. The number of hydrogen-bond donors (Lipinski definition) is 0. The molecule has 22 heavy (non-hydrogen) atoms. The second kappa shape index (κ2) is 6.55. The molecule has 1 unspecified atom stereocenters. The van der Waals surface area contributed by atoms with E-state index in [0.717, 1.165) is 25.1 Å². The Hall–Kier alpha value is -2.44. The lowest BCUT2D eigenvalue weighted by Gasteiger charge is -2.28. The maximum Gasteiger partial charge on any atom is 0.168 e. The van der Waals surface area contributed by atoms with Gasteiger partial charge < -0.3 is 0 Å². The van der Waals surface area contributed by atoms with Gasteiger partial charge in [0, 0.05) is 13.1 Å². The van der Waals surface area contributed by atoms with Crippen LogP contribution < -0.4 is 0 Å². The first-order valence-corrected chi connectivity index (χ1v) is 7.54. The zero-order valence-corrected chi connectivity index (χ0v) is 12.4. The highest BCUT2D eigenvalue weighted by molar-refractivity contribution is 5.90. The van der Waals surface area contributed by atoms with Gasteiger partial charge in [-0.25, -0.2) is 0 Å². The number of rotatable bonds is 4. The number of hydrogen-bond acceptors (Lipinski definition) is 3. The molecular weight excluding hydrogens is 272 g/mol. The van der Waals surface area contributed by atoms with Gasteiger partial charge in [-0.3, -0.25) is 9.69 Å². The van der Waals surface area contributed by atoms with Crippen LogP contribution in [0.2, 0.25) is 0 Å². The van der Waals surface area contributed by atoms with Crippen molar-refractivity contribution in [1.82, 2.24) is 4.90 Å². The lowest BCUT2D eigenvalue weighted by Crippen LogP contribution is -2.36. The average Bonchev–Trinajstić information content (AvgIpc) is 2.56. The molecule has 1 heterocycles. The second-order valence-electron chi connectivity index (χ2n) is 5.67. The Labute approximate surface area is 130 Å². The van der Waals surface area contributed by atoms with Gasteiger partial charge in [0.2, 0.25) is 0 Å². The van der Waals surface area contributed by atoms with E-state index in [9.17, 15) is 10.1 Å². The van der Waals surface area contributed by atoms with Crippen molar-refractivity contribution in [1.29, 1.82) is 5.26 Å². The Morgan fingerprint density at radius 2 is 1.77 bits per heavy atom. The topological polar surface area (TPSA) is 44.1 Å². The molecule has 0 saturated carbocycles. The molecule has 0 saturated heterocycles. The highest BCUT2D eigenvalue weighted by Gasteiger charge is 2.24. The zero-order valence-electron chi connectivity index (χ0n) is 12.4. The fraction of sp³-hybridized carbons (Fsp3) is 0.263. The van der Waals surface area contributed by atoms with E-state index in [-0.39, 0.29) is 5.78 Å². The van der Waals surface area contributed by atoms with Crippen LogP contribution in [0, 0.1) is 11.3 Å². The van der Waals surface area contributed by atoms with Crippen molar-refractivity contribution in [3.8, 4) is 6.07 Å². The monoisotopic (exact) mass is 290 g/mol. The van der Waals surface area contributed by atoms with E-state index >= 15 is 0 Å². The van der Waals surface area contributed by atoms with Crippen LogP contribution in [0.3, 0.4) is 0 Å². The van der Waals surface area contributed by atoms with Gasteiger partial charge in [0.1, 0.15) is 5.92 Å². The van der Waals surface area contributed by atoms with Gasteiger partial charge in [-0.05, 0) is 23.1 Å². The number of nitriles is 1. The van der Waals surface area contributed by atoms with Crippen LogP contribution in [0.25, 0.3) is 0 Å². The van der Waals surface area contributed by atoms with Crippen molar-refractivity contribution >= 4 is 5.78 Å². The van der Waals surface area contributed by atoms with Crippen molar-refractivity contribution in [3.63, 3.8) is 0 Å². The Morgan fingerprint density at radius 1 is 1.09 bits per heavy atom. The predicted octanol–water partition coefficient (Wildman–Crippen LogP) is 2.92. The van der Waals surface area contributed by atoms with E-state index in [1.54, 1.807) is 0 Å². The van der Waals surface area contributed by atoms with Crippen LogP contribution in [0.15, 0.2) is 54.6 Å². The molecule has 2 aromatic rings. The second-order valence-corrected chi connectivity index (χ2v) is 5.67. The first kappa shape index (κ1) is 14.5. The number of carbonyl (C=O) groups is 1. The predicted molar refractivity (Wildman–Crippen MR) is 85.2 cm³/mol. The third-order valence-corrected chi connectivity index (χ3v) is 4.17. The molecule has 1 atom stereocenters. The SMILES string of the molecule is N#CC(C(=O)CN1CCc2ccccc2C1)c1ccccc1. The van der Waals surface area contributed by atoms with E-state index in [0.29, 0.717) is 6.54 Å². The summed E-state index contributed by atoms with van der Waals surface area (Å²) in [6.45, 7) is 1.99. The standard InChI is InChI=1S/C19H18N2O/c20-12-18(16-7-2-1-3-8-16)19(22)14-21-11-10-15-6-4-5-9-17(15)13-21/h1-9,18H,10-11,13-14H2. The fourth-order valence-electron chi connectivity index (χ4n) is 2.98. The van der Waals surface area contributed by atoms with Crippen molar-refractivity contribution in [2.24, 2.45) is 0 Å². The number of fused-ring (bicyclic) bond motifs is 1. The molecule has 0 spiro atoms. The van der Waals surface area contributed by atoms with Crippen molar-refractivity contribution in [2.75, 3.05) is 13.1 Å². The lowest BCUT2D eigenvalue weighted by molar-refractivity contribution is -0.120. The van der Waals surface area contributed by atoms with Crippen LogP contribution in [0.5, 0.6) is 0 Å². The maximum atomic E-state index is 12.5. The first-order chi connectivity index (χ1) is 10.8. The molecular formula is C19H18N2O. The average molecular weight is 290 g/mol. The van der Waals surface area contributed by atoms with Crippen LogP contribution in [0.4, 0.5) is 0 Å². The third-order valence-electron chi connectivity index (χ3n) is 4.17. The highest BCUT2D eigenvalue weighted by Crippen LogP contribution is 2.21. The van der Waals surface area contributed by atoms with E-state index in [4.69, 9.17) is 0 Å². The fourth-order valence-corrected chi connectivity index (χ4v) is 2.98. The summed E-state index contributed by atoms with van der Waals surface area (Å²) in [7, 11) is 0. The lowest BCUT2D eigenvalue weighted by atomic mass is 9.94. The van der Waals surface area contributed by atoms with Gasteiger partial charge in [0.15, 0.2) is 5.78 Å². The normalized spacial score (nSPS) is 15.6. The Morgan fingerprint density at radius 3 is 2.50 bits per heavy atom. The summed E-state index contributed by atoms with van der Waals surface area (Å²) >= 11 is 0. The largest absolute Gasteiger partial charge is 0.296 e. The molecule has 110 valence electrons. The van der Waals surface area contributed by atoms with Crippen molar-refractivity contribution < 1.29 is 4.79 Å². The molecule has 0 bridgehead atoms. The van der Waals surface area contributed by atoms with Crippen molar-refractivity contribution in [3.05, 3.63) is 71.3 Å². The Balaban J connectivity index is 1.69. The molecule has 3 rings (SSSR count). The summed E-state index contributed by atoms with van der Waals surface area (Å²) in [5, 5.41) is 9.35. The summed E-state index contributed by atoms with van der Waals surface area (Å²) < 4.78 is 0. The van der Waals surface area contributed by atoms with Crippen molar-refractivity contribution in [2.45, 2.75) is 18.9 Å². The molecule has 1 aliphatic rings. The number of carbonyl (C=O) groups excluding carboxylic acids is 1. The number of ketones is 1. The number of benzene rings is 2. The quantitative estimate of drug-likeness (QED) is 0.869. The summed E-state index contributed by atoms with van der Waals surface area (Å²) in [6.07, 6.45) is 0.964. The minimum absolute atomic E-state index is 0.0203. The van der Waals surface area contributed by atoms with Gasteiger partial charge in [-0.1, -0.05) is 54.6 Å². The van der Waals surface area contributed by atoms with Gasteiger partial charge >= 0.3 is 0 Å². The Kier molecular flexibility index (Phi) is 4.32. The molecule has 0 aromatic heterocycles. The van der Waals surface area contributed by atoms with Gasteiger partial charge in [0.05, 0.1) is 12.6 Å². The summed E-state index contributed by atoms with van der Waals surface area (Å²) in [5.41, 5.74) is 3.44. The molecule has 3 nitrogen and oxygen atoms in total. The molecule has 0 N–H and O–H groups in total. The minimum atomic E-state index is -0.668. The summed E-state index contributed by atoms with van der Waals surface area (Å²) in [4.78, 5) is 14.6. The molecule has 0 aliphatic carbocycles. The van der Waals surface area contributed by atoms with Crippen LogP contribution >= 0.6 is 0 Å². The molecule has 1 aliphatic heterocycles. The van der Waals surface area contributed by atoms with Crippen LogP contribution in [-0.4, -0.2) is 23.8 Å². The third kappa shape index (κ3) is 3.08. The van der Waals surface area contributed by atoms with Crippen LogP contribution in [0.1, 0.15) is 22.6 Å². The smallest absolute Gasteiger partial charge is 0.168 e. The molecule has 0 fully saturated rings. The van der Waals surface area contributed by atoms with Gasteiger partial charge in [0.25, 0.3) is 0 Å². The molecule has 0 amide bonds. The summed E-state index contributed by atoms with van der Waals surface area (Å²) in [6, 6.07) is 19.8.